The van der Waals surface area contributed by atoms with E-state index in [1.807, 2.05) is 61.5 Å². The number of pyridine rings is 1. The zero-order chi connectivity index (χ0) is 30.5. The number of rotatable bonds is 16. The quantitative estimate of drug-likeness (QED) is 0.174. The summed E-state index contributed by atoms with van der Waals surface area (Å²) in [5, 5.41) is 12.5. The van der Waals surface area contributed by atoms with Crippen molar-refractivity contribution in [3.05, 3.63) is 77.0 Å². The molecule has 1 heterocycles. The molecule has 1 aromatic heterocycles. The number of nitrogens with one attached hydrogen (secondary N) is 1. The van der Waals surface area contributed by atoms with E-state index in [1.165, 1.54) is 5.56 Å². The number of nitrogens with zero attached hydrogens (tertiary/aromatic N) is 1. The van der Waals surface area contributed by atoms with Gasteiger partial charge < -0.3 is 24.6 Å². The smallest absolute Gasteiger partial charge is 0.310 e. The molecule has 0 bridgehead atoms. The lowest BCUT2D eigenvalue weighted by Crippen LogP contribution is -2.34. The van der Waals surface area contributed by atoms with Crippen LogP contribution in [0.2, 0.25) is 0 Å². The monoisotopic (exact) mass is 574 g/mol. The van der Waals surface area contributed by atoms with E-state index < -0.39 is 11.4 Å². The first-order chi connectivity index (χ1) is 20.2. The highest BCUT2D eigenvalue weighted by Crippen LogP contribution is 2.32. The van der Waals surface area contributed by atoms with Crippen molar-refractivity contribution in [2.24, 2.45) is 5.41 Å². The van der Waals surface area contributed by atoms with Gasteiger partial charge in [0.05, 0.1) is 31.9 Å². The number of aryl methyl sites for hydroxylation is 2. The number of aliphatic carboxylic acids is 1. The summed E-state index contributed by atoms with van der Waals surface area (Å²) in [4.78, 5) is 29.1. The Balaban J connectivity index is 1.55. The number of benzene rings is 2. The minimum Gasteiger partial charge on any atom is -0.493 e. The van der Waals surface area contributed by atoms with Crippen LogP contribution in [0.3, 0.4) is 0 Å². The Morgan fingerprint density at radius 1 is 0.952 bits per heavy atom. The van der Waals surface area contributed by atoms with Crippen molar-refractivity contribution < 1.29 is 28.9 Å². The third-order valence-electron chi connectivity index (χ3n) is 7.58. The van der Waals surface area contributed by atoms with E-state index in [0.29, 0.717) is 31.0 Å². The summed E-state index contributed by atoms with van der Waals surface area (Å²) in [7, 11) is 3.27. The van der Waals surface area contributed by atoms with E-state index in [9.17, 15) is 14.7 Å². The average Bonchev–Trinajstić information content (AvgIpc) is 2.99. The fourth-order valence-corrected chi connectivity index (χ4v) is 4.70. The van der Waals surface area contributed by atoms with Crippen LogP contribution in [0.4, 0.5) is 5.69 Å². The number of ether oxygens (including phenoxy) is 3. The number of hydrogen-bond acceptors (Lipinski definition) is 6. The molecule has 8 nitrogen and oxygen atoms in total. The van der Waals surface area contributed by atoms with Crippen molar-refractivity contribution in [1.29, 1.82) is 0 Å². The van der Waals surface area contributed by atoms with Crippen molar-refractivity contribution in [2.45, 2.75) is 59.3 Å². The number of amides is 1. The van der Waals surface area contributed by atoms with Crippen LogP contribution in [0, 0.1) is 12.3 Å². The third-order valence-corrected chi connectivity index (χ3v) is 7.58. The molecule has 3 rings (SSSR count). The number of carboxylic acid groups (broad SMARTS) is 1. The summed E-state index contributed by atoms with van der Waals surface area (Å²) in [5.74, 6) is 0.776. The molecule has 0 aliphatic rings. The average molecular weight is 575 g/mol. The third kappa shape index (κ3) is 8.83. The van der Waals surface area contributed by atoms with E-state index in [2.05, 4.69) is 16.4 Å². The minimum atomic E-state index is -1.05. The van der Waals surface area contributed by atoms with Gasteiger partial charge in [-0.05, 0) is 86.1 Å². The molecular weight excluding hydrogens is 532 g/mol. The molecule has 1 amide bonds. The van der Waals surface area contributed by atoms with Crippen molar-refractivity contribution in [3.63, 3.8) is 0 Å². The molecule has 2 N–H and O–H groups in total. The maximum atomic E-state index is 12.6. The molecule has 0 saturated carbocycles. The fourth-order valence-electron chi connectivity index (χ4n) is 4.70. The van der Waals surface area contributed by atoms with Crippen molar-refractivity contribution in [3.8, 4) is 17.4 Å². The standard InChI is InChI=1S/C34H42N2O6/c1-6-34(7-2,33(38)39)23-31(37)35-27-13-10-12-25(21-27)15-17-28-24(3)14-19-32(36-28)42-20-9-8-11-26-16-18-29(40-4)30(22-26)41-5/h10,12-19,21-22H,6-9,11,20,23H2,1-5H3,(H,35,37)(H,38,39). The normalized spacial score (nSPS) is 11.4. The molecule has 2 aromatic carbocycles. The molecule has 8 heteroatoms. The van der Waals surface area contributed by atoms with E-state index in [4.69, 9.17) is 14.2 Å². The number of aromatic nitrogens is 1. The Hall–Kier alpha value is -4.33. The summed E-state index contributed by atoms with van der Waals surface area (Å²) in [6, 6.07) is 17.3. The lowest BCUT2D eigenvalue weighted by atomic mass is 9.79. The lowest BCUT2D eigenvalue weighted by molar-refractivity contribution is -0.151. The summed E-state index contributed by atoms with van der Waals surface area (Å²) in [5.41, 5.74) is 3.44. The predicted octanol–water partition coefficient (Wildman–Crippen LogP) is 7.20. The summed E-state index contributed by atoms with van der Waals surface area (Å²) in [6.45, 7) is 6.16. The number of carbonyl (C=O) groups is 2. The van der Waals surface area contributed by atoms with Crippen LogP contribution in [0.15, 0.2) is 54.6 Å². The van der Waals surface area contributed by atoms with E-state index in [-0.39, 0.29) is 12.3 Å². The molecule has 0 radical (unpaired) electrons. The second-order valence-electron chi connectivity index (χ2n) is 10.3. The number of carbonyl (C=O) groups excluding carboxylic acids is 1. The first kappa shape index (κ1) is 32.2. The molecule has 3 aromatic rings. The molecule has 0 aliphatic carbocycles. The van der Waals surface area contributed by atoms with Crippen LogP contribution in [0.25, 0.3) is 12.2 Å². The summed E-state index contributed by atoms with van der Waals surface area (Å²) >= 11 is 0. The van der Waals surface area contributed by atoms with Gasteiger partial charge in [-0.3, -0.25) is 9.59 Å². The number of carboxylic acids is 1. The minimum absolute atomic E-state index is 0.0679. The largest absolute Gasteiger partial charge is 0.493 e. The van der Waals surface area contributed by atoms with Gasteiger partial charge in [0.15, 0.2) is 11.5 Å². The number of unbranched alkanes of at least 4 members (excludes halogenated alkanes) is 1. The van der Waals surface area contributed by atoms with Crippen LogP contribution in [0.1, 0.15) is 68.3 Å². The number of hydrogen-bond donors (Lipinski definition) is 2. The highest BCUT2D eigenvalue weighted by Gasteiger charge is 2.37. The van der Waals surface area contributed by atoms with Gasteiger partial charge in [0.25, 0.3) is 0 Å². The van der Waals surface area contributed by atoms with Gasteiger partial charge in [-0.25, -0.2) is 4.98 Å². The van der Waals surface area contributed by atoms with Crippen molar-refractivity contribution in [1.82, 2.24) is 4.98 Å². The molecular formula is C34H42N2O6. The van der Waals surface area contributed by atoms with Gasteiger partial charge in [0, 0.05) is 18.2 Å². The van der Waals surface area contributed by atoms with Crippen LogP contribution >= 0.6 is 0 Å². The SMILES string of the molecule is CCC(CC)(CC(=O)Nc1cccc(C=Cc2nc(OCCCCc3ccc(OC)c(OC)c3)ccc2C)c1)C(=O)O. The lowest BCUT2D eigenvalue weighted by Gasteiger charge is -2.25. The number of methoxy groups -OCH3 is 2. The topological polar surface area (TPSA) is 107 Å². The Kier molecular flexibility index (Phi) is 12.0. The van der Waals surface area contributed by atoms with E-state index in [0.717, 1.165) is 47.6 Å². The molecule has 0 saturated heterocycles. The molecule has 0 fully saturated rings. The fraction of sp³-hybridized carbons (Fsp3) is 0.382. The molecule has 0 aliphatic heterocycles. The van der Waals surface area contributed by atoms with Gasteiger partial charge in [0.2, 0.25) is 11.8 Å². The first-order valence-corrected chi connectivity index (χ1v) is 14.4. The van der Waals surface area contributed by atoms with Gasteiger partial charge in [-0.1, -0.05) is 44.2 Å². The molecule has 0 unspecified atom stereocenters. The Bertz CT molecular complexity index is 1380. The second-order valence-corrected chi connectivity index (χ2v) is 10.3. The van der Waals surface area contributed by atoms with Gasteiger partial charge in [0.1, 0.15) is 0 Å². The maximum Gasteiger partial charge on any atom is 0.310 e. The Morgan fingerprint density at radius 2 is 1.71 bits per heavy atom. The molecule has 0 atom stereocenters. The number of anilines is 1. The van der Waals surface area contributed by atoms with Crippen LogP contribution < -0.4 is 19.5 Å². The van der Waals surface area contributed by atoms with Gasteiger partial charge >= 0.3 is 5.97 Å². The molecule has 224 valence electrons. The van der Waals surface area contributed by atoms with Gasteiger partial charge in [-0.15, -0.1) is 0 Å². The van der Waals surface area contributed by atoms with Crippen LogP contribution in [-0.4, -0.2) is 42.8 Å². The van der Waals surface area contributed by atoms with Crippen LogP contribution in [0.5, 0.6) is 17.4 Å². The second kappa shape index (κ2) is 15.6. The predicted molar refractivity (Wildman–Crippen MR) is 166 cm³/mol. The zero-order valence-electron chi connectivity index (χ0n) is 25.2. The van der Waals surface area contributed by atoms with Gasteiger partial charge in [-0.2, -0.15) is 0 Å². The molecule has 42 heavy (non-hydrogen) atoms. The van der Waals surface area contributed by atoms with Crippen molar-refractivity contribution >= 4 is 29.7 Å². The first-order valence-electron chi connectivity index (χ1n) is 14.4. The van der Waals surface area contributed by atoms with Crippen LogP contribution in [-0.2, 0) is 16.0 Å². The highest BCUT2D eigenvalue weighted by molar-refractivity contribution is 5.94. The molecule has 0 spiro atoms. The maximum absolute atomic E-state index is 12.6. The Labute approximate surface area is 248 Å². The zero-order valence-corrected chi connectivity index (χ0v) is 25.2. The summed E-state index contributed by atoms with van der Waals surface area (Å²) < 4.78 is 16.6. The highest BCUT2D eigenvalue weighted by atomic mass is 16.5. The van der Waals surface area contributed by atoms with Crippen molar-refractivity contribution in [2.75, 3.05) is 26.1 Å². The Morgan fingerprint density at radius 3 is 2.40 bits per heavy atom. The van der Waals surface area contributed by atoms with E-state index in [1.54, 1.807) is 34.1 Å². The van der Waals surface area contributed by atoms with E-state index >= 15 is 0 Å². The summed E-state index contributed by atoms with van der Waals surface area (Å²) in [6.07, 6.45) is 7.33.